The smallest absolute Gasteiger partial charge is 0.250 e. The van der Waals surface area contributed by atoms with Gasteiger partial charge in [0.25, 0.3) is 0 Å². The van der Waals surface area contributed by atoms with Gasteiger partial charge in [-0.15, -0.1) is 16.4 Å². The third-order valence-electron chi connectivity index (χ3n) is 4.20. The van der Waals surface area contributed by atoms with Crippen LogP contribution in [-0.4, -0.2) is 27.6 Å². The number of aromatic nitrogens is 3. The molecular formula is C20H18N4O2S. The van der Waals surface area contributed by atoms with E-state index in [1.54, 1.807) is 11.6 Å². The number of hydrogen-bond donors (Lipinski definition) is 1. The average Bonchev–Trinajstić information content (AvgIpc) is 3.27. The predicted molar refractivity (Wildman–Crippen MR) is 106 cm³/mol. The van der Waals surface area contributed by atoms with E-state index >= 15 is 0 Å². The highest BCUT2D eigenvalue weighted by Crippen LogP contribution is 2.32. The molecule has 0 aliphatic rings. The maximum Gasteiger partial charge on any atom is 0.250 e. The van der Waals surface area contributed by atoms with Crippen molar-refractivity contribution in [3.8, 4) is 17.0 Å². The van der Waals surface area contributed by atoms with E-state index in [9.17, 15) is 4.79 Å². The van der Waals surface area contributed by atoms with Crippen molar-refractivity contribution in [2.75, 3.05) is 12.4 Å². The second kappa shape index (κ2) is 7.59. The summed E-state index contributed by atoms with van der Waals surface area (Å²) in [6.07, 6.45) is 1.07. The number of ether oxygens (including phenoxy) is 1. The van der Waals surface area contributed by atoms with Crippen LogP contribution in [0, 0.1) is 0 Å². The van der Waals surface area contributed by atoms with Gasteiger partial charge in [-0.1, -0.05) is 42.5 Å². The largest absolute Gasteiger partial charge is 0.496 e. The van der Waals surface area contributed by atoms with Crippen molar-refractivity contribution >= 4 is 28.2 Å². The SMILES string of the molecule is COc1ccccc1-c1csc2nc(NC(=O)CCc3ccccc3)nn12. The number of carbonyl (C=O) groups excluding carboxylic acids is 1. The van der Waals surface area contributed by atoms with Crippen LogP contribution in [0.3, 0.4) is 0 Å². The van der Waals surface area contributed by atoms with Gasteiger partial charge in [-0.3, -0.25) is 10.1 Å². The third-order valence-corrected chi connectivity index (χ3v) is 5.02. The summed E-state index contributed by atoms with van der Waals surface area (Å²) >= 11 is 1.47. The van der Waals surface area contributed by atoms with E-state index in [1.807, 2.05) is 60.0 Å². The van der Waals surface area contributed by atoms with E-state index in [1.165, 1.54) is 11.3 Å². The van der Waals surface area contributed by atoms with E-state index < -0.39 is 0 Å². The molecule has 0 radical (unpaired) electrons. The standard InChI is InChI=1S/C20H18N4O2S/c1-26-17-10-6-5-9-15(17)16-13-27-20-22-19(23-24(16)20)21-18(25)12-11-14-7-3-2-4-8-14/h2-10,13H,11-12H2,1H3,(H,21,23,25). The van der Waals surface area contributed by atoms with Crippen LogP contribution in [0.15, 0.2) is 60.0 Å². The number of fused-ring (bicyclic) bond motifs is 1. The lowest BCUT2D eigenvalue weighted by Crippen LogP contribution is -2.13. The molecule has 136 valence electrons. The van der Waals surface area contributed by atoms with Crippen LogP contribution in [0.25, 0.3) is 16.2 Å². The average molecular weight is 378 g/mol. The first kappa shape index (κ1) is 17.2. The van der Waals surface area contributed by atoms with Crippen LogP contribution in [0.4, 0.5) is 5.95 Å². The molecule has 1 amide bonds. The zero-order valence-electron chi connectivity index (χ0n) is 14.8. The van der Waals surface area contributed by atoms with E-state index in [0.717, 1.165) is 22.6 Å². The Morgan fingerprint density at radius 2 is 1.93 bits per heavy atom. The van der Waals surface area contributed by atoms with E-state index in [2.05, 4.69) is 15.4 Å². The fraction of sp³-hybridized carbons (Fsp3) is 0.150. The summed E-state index contributed by atoms with van der Waals surface area (Å²) in [5.74, 6) is 0.980. The van der Waals surface area contributed by atoms with Gasteiger partial charge in [-0.25, -0.2) is 4.52 Å². The molecule has 0 fully saturated rings. The lowest BCUT2D eigenvalue weighted by atomic mass is 10.1. The Hall–Kier alpha value is -3.19. The molecule has 0 aliphatic heterocycles. The van der Waals surface area contributed by atoms with Gasteiger partial charge in [-0.2, -0.15) is 4.98 Å². The maximum atomic E-state index is 12.2. The van der Waals surface area contributed by atoms with Gasteiger partial charge in [0, 0.05) is 17.4 Å². The molecule has 0 spiro atoms. The van der Waals surface area contributed by atoms with Crippen LogP contribution in [0.2, 0.25) is 0 Å². The van der Waals surface area contributed by atoms with Gasteiger partial charge < -0.3 is 4.74 Å². The normalized spacial score (nSPS) is 10.9. The summed E-state index contributed by atoms with van der Waals surface area (Å²) in [7, 11) is 1.64. The van der Waals surface area contributed by atoms with Crippen molar-refractivity contribution in [1.29, 1.82) is 0 Å². The predicted octanol–water partition coefficient (Wildman–Crippen LogP) is 4.04. The molecule has 0 bridgehead atoms. The van der Waals surface area contributed by atoms with Crippen LogP contribution in [0.1, 0.15) is 12.0 Å². The van der Waals surface area contributed by atoms with Gasteiger partial charge in [0.05, 0.1) is 12.8 Å². The number of amides is 1. The number of thiazole rings is 1. The molecule has 0 atom stereocenters. The molecule has 4 rings (SSSR count). The molecular weight excluding hydrogens is 360 g/mol. The number of hydrogen-bond acceptors (Lipinski definition) is 5. The molecule has 0 saturated heterocycles. The molecule has 2 heterocycles. The summed E-state index contributed by atoms with van der Waals surface area (Å²) in [5, 5.41) is 9.22. The summed E-state index contributed by atoms with van der Waals surface area (Å²) in [6, 6.07) is 17.7. The van der Waals surface area contributed by atoms with E-state index in [4.69, 9.17) is 4.74 Å². The summed E-state index contributed by atoms with van der Waals surface area (Å²) in [4.78, 5) is 17.3. The van der Waals surface area contributed by atoms with Crippen molar-refractivity contribution in [1.82, 2.24) is 14.6 Å². The van der Waals surface area contributed by atoms with E-state index in [-0.39, 0.29) is 5.91 Å². The van der Waals surface area contributed by atoms with Crippen molar-refractivity contribution in [2.45, 2.75) is 12.8 Å². The highest BCUT2D eigenvalue weighted by atomic mass is 32.1. The number of rotatable bonds is 6. The second-order valence-corrected chi connectivity index (χ2v) is 6.82. The number of carbonyl (C=O) groups is 1. The van der Waals surface area contributed by atoms with Gasteiger partial charge >= 0.3 is 0 Å². The molecule has 0 aliphatic carbocycles. The zero-order chi connectivity index (χ0) is 18.6. The van der Waals surface area contributed by atoms with Gasteiger partial charge in [0.1, 0.15) is 5.75 Å². The number of benzene rings is 2. The fourth-order valence-electron chi connectivity index (χ4n) is 2.87. The molecule has 27 heavy (non-hydrogen) atoms. The summed E-state index contributed by atoms with van der Waals surface area (Å²) < 4.78 is 7.17. The second-order valence-electron chi connectivity index (χ2n) is 5.98. The van der Waals surface area contributed by atoms with Crippen molar-refractivity contribution in [2.24, 2.45) is 0 Å². The number of aryl methyl sites for hydroxylation is 1. The number of methoxy groups -OCH3 is 1. The van der Waals surface area contributed by atoms with Gasteiger partial charge in [-0.05, 0) is 24.1 Å². The Balaban J connectivity index is 1.51. The van der Waals surface area contributed by atoms with E-state index in [0.29, 0.717) is 23.8 Å². The van der Waals surface area contributed by atoms with Crippen LogP contribution >= 0.6 is 11.3 Å². The number of anilines is 1. The summed E-state index contributed by atoms with van der Waals surface area (Å²) in [5.41, 5.74) is 2.94. The summed E-state index contributed by atoms with van der Waals surface area (Å²) in [6.45, 7) is 0. The molecule has 0 unspecified atom stereocenters. The third kappa shape index (κ3) is 3.68. The highest BCUT2D eigenvalue weighted by Gasteiger charge is 2.15. The molecule has 7 heteroatoms. The Labute approximate surface area is 160 Å². The quantitative estimate of drug-likeness (QED) is 0.550. The maximum absolute atomic E-state index is 12.2. The lowest BCUT2D eigenvalue weighted by molar-refractivity contribution is -0.116. The minimum Gasteiger partial charge on any atom is -0.496 e. The van der Waals surface area contributed by atoms with Crippen molar-refractivity contribution in [3.63, 3.8) is 0 Å². The minimum absolute atomic E-state index is 0.101. The molecule has 2 aromatic carbocycles. The number of para-hydroxylation sites is 1. The Bertz CT molecular complexity index is 1070. The van der Waals surface area contributed by atoms with Gasteiger partial charge in [0.2, 0.25) is 16.8 Å². The Morgan fingerprint density at radius 3 is 2.74 bits per heavy atom. The van der Waals surface area contributed by atoms with Crippen LogP contribution < -0.4 is 10.1 Å². The fourth-order valence-corrected chi connectivity index (χ4v) is 3.69. The Kier molecular flexibility index (Phi) is 4.84. The first-order valence-electron chi connectivity index (χ1n) is 8.56. The molecule has 2 aromatic heterocycles. The molecule has 0 saturated carbocycles. The lowest BCUT2D eigenvalue weighted by Gasteiger charge is -2.06. The number of nitrogens with zero attached hydrogens (tertiary/aromatic N) is 3. The monoisotopic (exact) mass is 378 g/mol. The molecule has 1 N–H and O–H groups in total. The Morgan fingerprint density at radius 1 is 1.15 bits per heavy atom. The van der Waals surface area contributed by atoms with Gasteiger partial charge in [0.15, 0.2) is 0 Å². The first-order valence-corrected chi connectivity index (χ1v) is 9.44. The van der Waals surface area contributed by atoms with Crippen molar-refractivity contribution < 1.29 is 9.53 Å². The number of nitrogens with one attached hydrogen (secondary N) is 1. The zero-order valence-corrected chi connectivity index (χ0v) is 15.6. The minimum atomic E-state index is -0.101. The van der Waals surface area contributed by atoms with Crippen molar-refractivity contribution in [3.05, 3.63) is 65.5 Å². The topological polar surface area (TPSA) is 68.5 Å². The van der Waals surface area contributed by atoms with Crippen LogP contribution in [-0.2, 0) is 11.2 Å². The molecule has 6 nitrogen and oxygen atoms in total. The highest BCUT2D eigenvalue weighted by molar-refractivity contribution is 7.15. The van der Waals surface area contributed by atoms with Crippen LogP contribution in [0.5, 0.6) is 5.75 Å². The molecule has 4 aromatic rings. The first-order chi connectivity index (χ1) is 13.2.